The second-order valence-corrected chi connectivity index (χ2v) is 8.70. The number of carbonyl (C=O) groups excluding carboxylic acids is 1. The van der Waals surface area contributed by atoms with E-state index in [-0.39, 0.29) is 17.3 Å². The molecule has 0 amide bonds. The van der Waals surface area contributed by atoms with Crippen molar-refractivity contribution in [2.75, 3.05) is 33.5 Å². The molecule has 0 aliphatic heterocycles. The van der Waals surface area contributed by atoms with E-state index in [0.29, 0.717) is 36.7 Å². The van der Waals surface area contributed by atoms with Crippen molar-refractivity contribution in [2.24, 2.45) is 0 Å². The van der Waals surface area contributed by atoms with Gasteiger partial charge in [-0.3, -0.25) is 0 Å². The van der Waals surface area contributed by atoms with Crippen LogP contribution in [0.25, 0.3) is 11.1 Å². The van der Waals surface area contributed by atoms with Crippen LogP contribution in [0.15, 0.2) is 48.6 Å². The van der Waals surface area contributed by atoms with Gasteiger partial charge in [-0.2, -0.15) is 4.39 Å². The smallest absolute Gasteiger partial charge is 0.333 e. The number of unbranched alkanes of at least 4 members (excludes halogenated alkanes) is 6. The maximum Gasteiger partial charge on any atom is 0.333 e. The molecule has 0 aromatic heterocycles. The fourth-order valence-electron chi connectivity index (χ4n) is 3.52. The largest absolute Gasteiger partial charge is 0.494 e. The lowest BCUT2D eigenvalue weighted by Crippen LogP contribution is -2.06. The van der Waals surface area contributed by atoms with Crippen molar-refractivity contribution in [3.8, 4) is 22.6 Å². The van der Waals surface area contributed by atoms with Crippen LogP contribution in [0.4, 0.5) is 8.78 Å². The normalized spacial score (nSPS) is 10.8. The number of benzene rings is 2. The Bertz CT molecular complexity index is 943. The van der Waals surface area contributed by atoms with Crippen LogP contribution in [0.2, 0.25) is 0 Å². The Balaban J connectivity index is 1.72. The molecule has 0 heterocycles. The third kappa shape index (κ3) is 10.4. The fraction of sp³-hybridized carbons (Fsp3) is 0.483. The van der Waals surface area contributed by atoms with Crippen molar-refractivity contribution in [3.05, 3.63) is 60.2 Å². The van der Waals surface area contributed by atoms with Crippen LogP contribution >= 0.6 is 0 Å². The SMILES string of the molecule is C=C(C)C(=O)OCCCCCCOc1ccc(-c2ccc(OCCCCCCOC)c(F)c2F)cc1. The molecule has 0 aliphatic carbocycles. The van der Waals surface area contributed by atoms with E-state index in [2.05, 4.69) is 6.58 Å². The van der Waals surface area contributed by atoms with Crippen LogP contribution in [0.3, 0.4) is 0 Å². The minimum atomic E-state index is -0.971. The first-order valence-corrected chi connectivity index (χ1v) is 12.6. The Hall–Kier alpha value is -2.93. The summed E-state index contributed by atoms with van der Waals surface area (Å²) in [5, 5.41) is 0. The zero-order chi connectivity index (χ0) is 26.2. The van der Waals surface area contributed by atoms with Gasteiger partial charge in [0.15, 0.2) is 11.6 Å². The highest BCUT2D eigenvalue weighted by atomic mass is 19.2. The summed E-state index contributed by atoms with van der Waals surface area (Å²) in [6, 6.07) is 9.93. The van der Waals surface area contributed by atoms with Gasteiger partial charge < -0.3 is 18.9 Å². The number of carbonyl (C=O) groups is 1. The highest BCUT2D eigenvalue weighted by Crippen LogP contribution is 2.31. The van der Waals surface area contributed by atoms with Crippen molar-refractivity contribution >= 4 is 5.97 Å². The summed E-state index contributed by atoms with van der Waals surface area (Å²) in [5.41, 5.74) is 1.15. The molecule has 0 bridgehead atoms. The molecule has 2 aromatic carbocycles. The van der Waals surface area contributed by atoms with Crippen LogP contribution < -0.4 is 9.47 Å². The summed E-state index contributed by atoms with van der Waals surface area (Å²) in [6.07, 6.45) is 7.28. The maximum atomic E-state index is 14.7. The standard InChI is InChI=1S/C29H38F2O5/c1-22(2)29(32)36-21-11-7-6-9-19-34-24-14-12-23(13-15-24)25-16-17-26(28(31)27(25)30)35-20-10-5-4-8-18-33-3/h12-17H,1,4-11,18-21H2,2-3H3. The van der Waals surface area contributed by atoms with Gasteiger partial charge in [-0.15, -0.1) is 0 Å². The van der Waals surface area contributed by atoms with Gasteiger partial charge in [0.25, 0.3) is 0 Å². The van der Waals surface area contributed by atoms with Gasteiger partial charge in [0.05, 0.1) is 19.8 Å². The van der Waals surface area contributed by atoms with Gasteiger partial charge in [0.1, 0.15) is 5.75 Å². The van der Waals surface area contributed by atoms with Crippen LogP contribution in [0, 0.1) is 11.6 Å². The predicted molar refractivity (Wildman–Crippen MR) is 137 cm³/mol. The highest BCUT2D eigenvalue weighted by Gasteiger charge is 2.16. The van der Waals surface area contributed by atoms with E-state index in [1.807, 2.05) is 0 Å². The molecule has 0 aliphatic rings. The first-order chi connectivity index (χ1) is 17.4. The molecule has 198 valence electrons. The van der Waals surface area contributed by atoms with Crippen molar-refractivity contribution in [1.29, 1.82) is 0 Å². The molecule has 0 atom stereocenters. The number of methoxy groups -OCH3 is 1. The van der Waals surface area contributed by atoms with Gasteiger partial charge in [0, 0.05) is 24.9 Å². The topological polar surface area (TPSA) is 54.0 Å². The monoisotopic (exact) mass is 504 g/mol. The van der Waals surface area contributed by atoms with Gasteiger partial charge in [-0.1, -0.05) is 25.1 Å². The summed E-state index contributed by atoms with van der Waals surface area (Å²) in [6.45, 7) is 7.19. The van der Waals surface area contributed by atoms with E-state index >= 15 is 0 Å². The Morgan fingerprint density at radius 1 is 0.750 bits per heavy atom. The Morgan fingerprint density at radius 2 is 1.33 bits per heavy atom. The molecule has 5 nitrogen and oxygen atoms in total. The number of halogens is 2. The molecule has 0 fully saturated rings. The van der Waals surface area contributed by atoms with Crippen LogP contribution in [-0.2, 0) is 14.3 Å². The molecule has 0 spiro atoms. The third-order valence-electron chi connectivity index (χ3n) is 5.60. The number of hydrogen-bond donors (Lipinski definition) is 0. The molecule has 36 heavy (non-hydrogen) atoms. The molecule has 0 saturated heterocycles. The van der Waals surface area contributed by atoms with Gasteiger partial charge in [0.2, 0.25) is 5.82 Å². The van der Waals surface area contributed by atoms with Crippen LogP contribution in [0.5, 0.6) is 11.5 Å². The summed E-state index contributed by atoms with van der Waals surface area (Å²) in [7, 11) is 1.67. The number of ether oxygens (including phenoxy) is 4. The predicted octanol–water partition coefficient (Wildman–Crippen LogP) is 7.28. The average Bonchev–Trinajstić information content (AvgIpc) is 2.87. The molecule has 7 heteroatoms. The second-order valence-electron chi connectivity index (χ2n) is 8.70. The Morgan fingerprint density at radius 3 is 1.94 bits per heavy atom. The lowest BCUT2D eigenvalue weighted by molar-refractivity contribution is -0.139. The molecule has 0 saturated carbocycles. The van der Waals surface area contributed by atoms with E-state index in [4.69, 9.17) is 18.9 Å². The fourth-order valence-corrected chi connectivity index (χ4v) is 3.52. The summed E-state index contributed by atoms with van der Waals surface area (Å²) in [5.74, 6) is -1.65. The molecular weight excluding hydrogens is 466 g/mol. The highest BCUT2D eigenvalue weighted by molar-refractivity contribution is 5.86. The van der Waals surface area contributed by atoms with Crippen LogP contribution in [0.1, 0.15) is 58.3 Å². The van der Waals surface area contributed by atoms with Gasteiger partial charge in [-0.25, -0.2) is 9.18 Å². The summed E-state index contributed by atoms with van der Waals surface area (Å²) in [4.78, 5) is 11.3. The zero-order valence-electron chi connectivity index (χ0n) is 21.5. The summed E-state index contributed by atoms with van der Waals surface area (Å²) < 4.78 is 50.5. The van der Waals surface area contributed by atoms with Crippen molar-refractivity contribution in [3.63, 3.8) is 0 Å². The molecule has 0 radical (unpaired) electrons. The van der Waals surface area contributed by atoms with Gasteiger partial charge >= 0.3 is 5.97 Å². The first kappa shape index (κ1) is 29.3. The van der Waals surface area contributed by atoms with E-state index in [0.717, 1.165) is 58.0 Å². The van der Waals surface area contributed by atoms with E-state index < -0.39 is 11.6 Å². The minimum Gasteiger partial charge on any atom is -0.494 e. The average molecular weight is 505 g/mol. The molecule has 2 aromatic rings. The lowest BCUT2D eigenvalue weighted by atomic mass is 10.0. The quantitative estimate of drug-likeness (QED) is 0.121. The van der Waals surface area contributed by atoms with Crippen LogP contribution in [-0.4, -0.2) is 39.5 Å². The molecule has 0 N–H and O–H groups in total. The second kappa shape index (κ2) is 16.7. The maximum absolute atomic E-state index is 14.7. The third-order valence-corrected chi connectivity index (χ3v) is 5.60. The summed E-state index contributed by atoms with van der Waals surface area (Å²) >= 11 is 0. The van der Waals surface area contributed by atoms with E-state index in [9.17, 15) is 13.6 Å². The Labute approximate surface area is 213 Å². The Kier molecular flexibility index (Phi) is 13.6. The molecule has 0 unspecified atom stereocenters. The molecule has 2 rings (SSSR count). The number of esters is 1. The zero-order valence-corrected chi connectivity index (χ0v) is 21.5. The van der Waals surface area contributed by atoms with Crippen molar-refractivity contribution < 1.29 is 32.5 Å². The van der Waals surface area contributed by atoms with Crippen molar-refractivity contribution in [2.45, 2.75) is 58.3 Å². The first-order valence-electron chi connectivity index (χ1n) is 12.6. The van der Waals surface area contributed by atoms with E-state index in [1.165, 1.54) is 12.1 Å². The molecular formula is C29H38F2O5. The number of hydrogen-bond acceptors (Lipinski definition) is 5. The minimum absolute atomic E-state index is 0.0675. The van der Waals surface area contributed by atoms with E-state index in [1.54, 1.807) is 38.3 Å². The number of rotatable bonds is 18. The van der Waals surface area contributed by atoms with Gasteiger partial charge in [-0.05, 0) is 81.7 Å². The van der Waals surface area contributed by atoms with Crippen molar-refractivity contribution in [1.82, 2.24) is 0 Å². The lowest BCUT2D eigenvalue weighted by Gasteiger charge is -2.11.